The molecule has 0 N–H and O–H groups in total. The van der Waals surface area contributed by atoms with Gasteiger partial charge >= 0.3 is 0 Å². The molecule has 6 heteroatoms. The Morgan fingerprint density at radius 1 is 1.16 bits per heavy atom. The van der Waals surface area contributed by atoms with E-state index in [1.165, 1.54) is 12.1 Å². The molecule has 0 aliphatic carbocycles. The fourth-order valence-electron chi connectivity index (χ4n) is 3.23. The third kappa shape index (κ3) is 3.53. The van der Waals surface area contributed by atoms with Crippen molar-refractivity contribution in [2.75, 3.05) is 26.7 Å². The van der Waals surface area contributed by atoms with Crippen LogP contribution in [0.15, 0.2) is 48.5 Å². The summed E-state index contributed by atoms with van der Waals surface area (Å²) in [7, 11) is 2.04. The molecule has 1 unspecified atom stereocenters. The van der Waals surface area contributed by atoms with Gasteiger partial charge in [-0.3, -0.25) is 14.9 Å². The number of likely N-dealkylation sites (N-methyl/N-ethyl adjacent to an activating group) is 1. The Kier molecular flexibility index (Phi) is 4.81. The van der Waals surface area contributed by atoms with E-state index in [0.29, 0.717) is 12.1 Å². The number of carbonyl (C=O) groups excluding carboxylic acids is 1. The van der Waals surface area contributed by atoms with Crippen molar-refractivity contribution in [3.8, 4) is 0 Å². The highest BCUT2D eigenvalue weighted by Crippen LogP contribution is 2.28. The minimum absolute atomic E-state index is 0.0562. The summed E-state index contributed by atoms with van der Waals surface area (Å²) in [4.78, 5) is 27.8. The molecule has 6 nitrogen and oxygen atoms in total. The van der Waals surface area contributed by atoms with E-state index in [4.69, 9.17) is 0 Å². The van der Waals surface area contributed by atoms with Crippen molar-refractivity contribution in [2.45, 2.75) is 13.0 Å². The lowest BCUT2D eigenvalue weighted by Crippen LogP contribution is -2.49. The fraction of sp³-hybridized carbons (Fsp3) is 0.316. The second-order valence-electron chi connectivity index (χ2n) is 6.44. The predicted molar refractivity (Wildman–Crippen MR) is 95.5 cm³/mol. The molecule has 1 amide bonds. The minimum Gasteiger partial charge on any atom is -0.329 e. The molecule has 1 saturated heterocycles. The predicted octanol–water partition coefficient (Wildman–Crippen LogP) is 3.03. The highest BCUT2D eigenvalue weighted by molar-refractivity contribution is 5.96. The number of hydrogen-bond donors (Lipinski definition) is 0. The average Bonchev–Trinajstić information content (AvgIpc) is 2.62. The number of nitro benzene ring substituents is 1. The Morgan fingerprint density at radius 3 is 2.56 bits per heavy atom. The van der Waals surface area contributed by atoms with E-state index in [1.54, 1.807) is 6.07 Å². The maximum absolute atomic E-state index is 13.2. The van der Waals surface area contributed by atoms with Crippen LogP contribution >= 0.6 is 0 Å². The van der Waals surface area contributed by atoms with Crippen LogP contribution in [0, 0.1) is 17.0 Å². The van der Waals surface area contributed by atoms with Gasteiger partial charge in [0.2, 0.25) is 0 Å². The van der Waals surface area contributed by atoms with Crippen LogP contribution in [0.5, 0.6) is 0 Å². The Labute approximate surface area is 146 Å². The van der Waals surface area contributed by atoms with Crippen molar-refractivity contribution in [1.29, 1.82) is 0 Å². The summed E-state index contributed by atoms with van der Waals surface area (Å²) in [6.45, 7) is 3.92. The molecule has 1 heterocycles. The maximum atomic E-state index is 13.2. The molecular weight excluding hydrogens is 318 g/mol. The molecule has 1 atom stereocenters. The number of rotatable bonds is 3. The zero-order valence-electron chi connectivity index (χ0n) is 14.4. The third-order valence-corrected chi connectivity index (χ3v) is 4.69. The Hall–Kier alpha value is -2.73. The summed E-state index contributed by atoms with van der Waals surface area (Å²) in [5, 5.41) is 11.1. The van der Waals surface area contributed by atoms with Crippen molar-refractivity contribution in [3.63, 3.8) is 0 Å². The molecule has 0 radical (unpaired) electrons. The molecule has 0 bridgehead atoms. The highest BCUT2D eigenvalue weighted by Gasteiger charge is 2.31. The van der Waals surface area contributed by atoms with E-state index >= 15 is 0 Å². The minimum atomic E-state index is -0.463. The molecule has 130 valence electrons. The second kappa shape index (κ2) is 7.03. The van der Waals surface area contributed by atoms with Gasteiger partial charge in [0.05, 0.1) is 11.0 Å². The van der Waals surface area contributed by atoms with E-state index in [9.17, 15) is 14.9 Å². The summed E-state index contributed by atoms with van der Waals surface area (Å²) in [6, 6.07) is 14.3. The van der Waals surface area contributed by atoms with Gasteiger partial charge in [-0.2, -0.15) is 0 Å². The first kappa shape index (κ1) is 17.1. The van der Waals surface area contributed by atoms with E-state index in [2.05, 4.69) is 4.90 Å². The molecule has 3 rings (SSSR count). The van der Waals surface area contributed by atoms with Gasteiger partial charge in [0.25, 0.3) is 11.6 Å². The topological polar surface area (TPSA) is 66.7 Å². The molecular formula is C19H21N3O3. The monoisotopic (exact) mass is 339 g/mol. The zero-order valence-corrected chi connectivity index (χ0v) is 14.4. The molecule has 25 heavy (non-hydrogen) atoms. The van der Waals surface area contributed by atoms with Crippen LogP contribution in [-0.2, 0) is 0 Å². The summed E-state index contributed by atoms with van der Waals surface area (Å²) < 4.78 is 0. The SMILES string of the molecule is Cc1ccc([N+](=O)[O-])cc1C(=O)N1CCN(C)CC1c1ccccc1. The van der Waals surface area contributed by atoms with Crippen LogP contribution in [0.3, 0.4) is 0 Å². The number of aryl methyl sites for hydroxylation is 1. The Balaban J connectivity index is 1.97. The third-order valence-electron chi connectivity index (χ3n) is 4.69. The van der Waals surface area contributed by atoms with Crippen LogP contribution in [0.25, 0.3) is 0 Å². The van der Waals surface area contributed by atoms with Gasteiger partial charge in [-0.05, 0) is 25.1 Å². The Bertz CT molecular complexity index is 792. The van der Waals surface area contributed by atoms with Crippen LogP contribution in [-0.4, -0.2) is 47.3 Å². The number of piperazine rings is 1. The first-order valence-corrected chi connectivity index (χ1v) is 8.27. The van der Waals surface area contributed by atoms with E-state index in [0.717, 1.165) is 24.2 Å². The van der Waals surface area contributed by atoms with Crippen molar-refractivity contribution in [2.24, 2.45) is 0 Å². The van der Waals surface area contributed by atoms with Crippen LogP contribution in [0.1, 0.15) is 27.5 Å². The molecule has 1 aliphatic heterocycles. The Morgan fingerprint density at radius 2 is 1.88 bits per heavy atom. The van der Waals surface area contributed by atoms with E-state index in [1.807, 2.05) is 49.2 Å². The van der Waals surface area contributed by atoms with Gasteiger partial charge in [-0.25, -0.2) is 0 Å². The lowest BCUT2D eigenvalue weighted by molar-refractivity contribution is -0.384. The van der Waals surface area contributed by atoms with Gasteiger partial charge in [0.1, 0.15) is 0 Å². The number of non-ortho nitro benzene ring substituents is 1. The van der Waals surface area contributed by atoms with Crippen LogP contribution in [0.4, 0.5) is 5.69 Å². The summed E-state index contributed by atoms with van der Waals surface area (Å²) in [5.41, 5.74) is 2.17. The van der Waals surface area contributed by atoms with E-state index in [-0.39, 0.29) is 17.6 Å². The van der Waals surface area contributed by atoms with Crippen molar-refractivity contribution in [1.82, 2.24) is 9.80 Å². The molecule has 0 saturated carbocycles. The molecule has 0 spiro atoms. The van der Waals surface area contributed by atoms with Crippen LogP contribution in [0.2, 0.25) is 0 Å². The summed E-state index contributed by atoms with van der Waals surface area (Å²) in [6.07, 6.45) is 0. The summed E-state index contributed by atoms with van der Waals surface area (Å²) >= 11 is 0. The number of nitrogens with zero attached hydrogens (tertiary/aromatic N) is 3. The molecule has 0 aromatic heterocycles. The maximum Gasteiger partial charge on any atom is 0.270 e. The van der Waals surface area contributed by atoms with Gasteiger partial charge in [-0.15, -0.1) is 0 Å². The van der Waals surface area contributed by atoms with Gasteiger partial charge in [0.15, 0.2) is 0 Å². The van der Waals surface area contributed by atoms with Crippen molar-refractivity contribution in [3.05, 3.63) is 75.3 Å². The first-order valence-electron chi connectivity index (χ1n) is 8.27. The lowest BCUT2D eigenvalue weighted by atomic mass is 9.99. The summed E-state index contributed by atoms with van der Waals surface area (Å²) in [5.74, 6) is -0.150. The normalized spacial score (nSPS) is 18.2. The van der Waals surface area contributed by atoms with Gasteiger partial charge in [0, 0.05) is 37.3 Å². The molecule has 2 aromatic carbocycles. The number of hydrogen-bond acceptors (Lipinski definition) is 4. The fourth-order valence-corrected chi connectivity index (χ4v) is 3.23. The standard InChI is InChI=1S/C19H21N3O3/c1-14-8-9-16(22(24)25)12-17(14)19(23)21-11-10-20(2)13-18(21)15-6-4-3-5-7-15/h3-9,12,18H,10-11,13H2,1-2H3. The van der Waals surface area contributed by atoms with Crippen molar-refractivity contribution >= 4 is 11.6 Å². The highest BCUT2D eigenvalue weighted by atomic mass is 16.6. The zero-order chi connectivity index (χ0) is 18.0. The van der Waals surface area contributed by atoms with E-state index < -0.39 is 4.92 Å². The molecule has 2 aromatic rings. The molecule has 1 aliphatic rings. The first-order chi connectivity index (χ1) is 12.0. The smallest absolute Gasteiger partial charge is 0.270 e. The van der Waals surface area contributed by atoms with Crippen molar-refractivity contribution < 1.29 is 9.72 Å². The quantitative estimate of drug-likeness (QED) is 0.637. The number of carbonyl (C=O) groups is 1. The second-order valence-corrected chi connectivity index (χ2v) is 6.44. The van der Waals surface area contributed by atoms with Gasteiger partial charge < -0.3 is 9.80 Å². The van der Waals surface area contributed by atoms with Gasteiger partial charge in [-0.1, -0.05) is 36.4 Å². The largest absolute Gasteiger partial charge is 0.329 e. The number of nitro groups is 1. The molecule has 1 fully saturated rings. The number of benzene rings is 2. The lowest BCUT2D eigenvalue weighted by Gasteiger charge is -2.40. The average molecular weight is 339 g/mol. The van der Waals surface area contributed by atoms with Crippen LogP contribution < -0.4 is 0 Å². The number of amides is 1.